The summed E-state index contributed by atoms with van der Waals surface area (Å²) in [5.41, 5.74) is 3.97. The summed E-state index contributed by atoms with van der Waals surface area (Å²) in [4.78, 5) is 11.2. The lowest BCUT2D eigenvalue weighted by molar-refractivity contribution is -0.118. The Kier molecular flexibility index (Phi) is 2.17. The van der Waals surface area contributed by atoms with E-state index in [0.29, 0.717) is 12.2 Å². The summed E-state index contributed by atoms with van der Waals surface area (Å²) in [6, 6.07) is 6.54. The fraction of sp³-hybridized carbons (Fsp3) is 0.417. The SMILES string of the molecule is CCc1ccc2c(c1)CC(=O)CC2. The lowest BCUT2D eigenvalue weighted by Gasteiger charge is -2.15. The smallest absolute Gasteiger partial charge is 0.137 e. The topological polar surface area (TPSA) is 17.1 Å². The van der Waals surface area contributed by atoms with Gasteiger partial charge in [0.15, 0.2) is 0 Å². The molecule has 0 amide bonds. The average molecular weight is 174 g/mol. The Morgan fingerprint density at radius 2 is 2.08 bits per heavy atom. The van der Waals surface area contributed by atoms with Crippen molar-refractivity contribution >= 4 is 5.78 Å². The van der Waals surface area contributed by atoms with Crippen LogP contribution in [0.25, 0.3) is 0 Å². The highest BCUT2D eigenvalue weighted by Crippen LogP contribution is 2.20. The van der Waals surface area contributed by atoms with Crippen molar-refractivity contribution < 1.29 is 4.79 Å². The van der Waals surface area contributed by atoms with Gasteiger partial charge in [0, 0.05) is 12.8 Å². The highest BCUT2D eigenvalue weighted by atomic mass is 16.1. The normalized spacial score (nSPS) is 15.6. The molecule has 0 radical (unpaired) electrons. The minimum absolute atomic E-state index is 0.390. The van der Waals surface area contributed by atoms with Gasteiger partial charge in [-0.25, -0.2) is 0 Å². The summed E-state index contributed by atoms with van der Waals surface area (Å²) in [6.07, 6.45) is 3.39. The van der Waals surface area contributed by atoms with E-state index >= 15 is 0 Å². The molecule has 13 heavy (non-hydrogen) atoms. The molecule has 0 bridgehead atoms. The summed E-state index contributed by atoms with van der Waals surface area (Å²) < 4.78 is 0. The minimum Gasteiger partial charge on any atom is -0.299 e. The lowest BCUT2D eigenvalue weighted by atomic mass is 9.89. The number of Topliss-reactive ketones (excluding diaryl/α,β-unsaturated/α-hetero) is 1. The monoisotopic (exact) mass is 174 g/mol. The van der Waals surface area contributed by atoms with Crippen molar-refractivity contribution in [1.29, 1.82) is 0 Å². The predicted molar refractivity (Wildman–Crippen MR) is 52.9 cm³/mol. The van der Waals surface area contributed by atoms with Gasteiger partial charge in [0.2, 0.25) is 0 Å². The Hall–Kier alpha value is -1.11. The van der Waals surface area contributed by atoms with Crippen LogP contribution in [0.1, 0.15) is 30.0 Å². The molecule has 0 atom stereocenters. The zero-order chi connectivity index (χ0) is 9.26. The Bertz CT molecular complexity index is 339. The largest absolute Gasteiger partial charge is 0.299 e. The highest BCUT2D eigenvalue weighted by Gasteiger charge is 2.14. The van der Waals surface area contributed by atoms with E-state index in [2.05, 4.69) is 25.1 Å². The van der Waals surface area contributed by atoms with E-state index in [-0.39, 0.29) is 0 Å². The second-order valence-corrected chi connectivity index (χ2v) is 3.67. The van der Waals surface area contributed by atoms with Crippen molar-refractivity contribution in [1.82, 2.24) is 0 Å². The maximum atomic E-state index is 11.2. The van der Waals surface area contributed by atoms with Crippen LogP contribution in [0.2, 0.25) is 0 Å². The molecule has 0 spiro atoms. The first-order valence-corrected chi connectivity index (χ1v) is 4.92. The molecule has 1 aromatic rings. The van der Waals surface area contributed by atoms with Crippen LogP contribution < -0.4 is 0 Å². The Balaban J connectivity index is 2.38. The highest BCUT2D eigenvalue weighted by molar-refractivity contribution is 5.83. The standard InChI is InChI=1S/C12H14O/c1-2-9-3-4-10-5-6-12(13)8-11(10)7-9/h3-4,7H,2,5-6,8H2,1H3. The van der Waals surface area contributed by atoms with Gasteiger partial charge in [-0.2, -0.15) is 0 Å². The maximum absolute atomic E-state index is 11.2. The fourth-order valence-electron chi connectivity index (χ4n) is 1.88. The number of ketones is 1. The molecule has 0 N–H and O–H groups in total. The van der Waals surface area contributed by atoms with E-state index in [1.807, 2.05) is 0 Å². The Morgan fingerprint density at radius 3 is 2.85 bits per heavy atom. The van der Waals surface area contributed by atoms with Gasteiger partial charge >= 0.3 is 0 Å². The first-order chi connectivity index (χ1) is 6.29. The quantitative estimate of drug-likeness (QED) is 0.638. The van der Waals surface area contributed by atoms with Crippen LogP contribution in [-0.4, -0.2) is 5.78 Å². The third kappa shape index (κ3) is 1.64. The molecule has 0 unspecified atom stereocenters. The van der Waals surface area contributed by atoms with Gasteiger partial charge in [0.1, 0.15) is 5.78 Å². The summed E-state index contributed by atoms with van der Waals surface area (Å²) >= 11 is 0. The summed E-state index contributed by atoms with van der Waals surface area (Å²) in [5.74, 6) is 0.390. The van der Waals surface area contributed by atoms with E-state index in [1.54, 1.807) is 0 Å². The number of benzene rings is 1. The van der Waals surface area contributed by atoms with Gasteiger partial charge in [-0.1, -0.05) is 25.1 Å². The third-order valence-corrected chi connectivity index (χ3v) is 2.74. The van der Waals surface area contributed by atoms with Crippen LogP contribution in [0.15, 0.2) is 18.2 Å². The van der Waals surface area contributed by atoms with Crippen molar-refractivity contribution in [3.63, 3.8) is 0 Å². The number of aryl methyl sites for hydroxylation is 2. The van der Waals surface area contributed by atoms with E-state index < -0.39 is 0 Å². The van der Waals surface area contributed by atoms with Crippen molar-refractivity contribution in [2.45, 2.75) is 32.6 Å². The molecule has 0 fully saturated rings. The first-order valence-electron chi connectivity index (χ1n) is 4.92. The molecule has 0 saturated heterocycles. The number of carbonyl (C=O) groups is 1. The van der Waals surface area contributed by atoms with E-state index in [1.165, 1.54) is 16.7 Å². The second-order valence-electron chi connectivity index (χ2n) is 3.67. The molecular formula is C12H14O. The fourth-order valence-corrected chi connectivity index (χ4v) is 1.88. The van der Waals surface area contributed by atoms with E-state index in [9.17, 15) is 4.79 Å². The molecule has 1 heteroatoms. The molecule has 0 aromatic heterocycles. The van der Waals surface area contributed by atoms with Crippen LogP contribution in [-0.2, 0) is 24.1 Å². The third-order valence-electron chi connectivity index (χ3n) is 2.74. The van der Waals surface area contributed by atoms with E-state index in [4.69, 9.17) is 0 Å². The van der Waals surface area contributed by atoms with Crippen molar-refractivity contribution in [3.05, 3.63) is 34.9 Å². The minimum atomic E-state index is 0.390. The van der Waals surface area contributed by atoms with Gasteiger partial charge in [-0.3, -0.25) is 4.79 Å². The first kappa shape index (κ1) is 8.49. The number of hydrogen-bond acceptors (Lipinski definition) is 1. The van der Waals surface area contributed by atoms with Crippen molar-refractivity contribution in [2.75, 3.05) is 0 Å². The second kappa shape index (κ2) is 3.33. The lowest BCUT2D eigenvalue weighted by Crippen LogP contribution is -2.13. The number of fused-ring (bicyclic) bond motifs is 1. The van der Waals surface area contributed by atoms with E-state index in [0.717, 1.165) is 19.3 Å². The van der Waals surface area contributed by atoms with Gasteiger partial charge < -0.3 is 0 Å². The van der Waals surface area contributed by atoms with Crippen molar-refractivity contribution in [3.8, 4) is 0 Å². The molecule has 0 saturated carbocycles. The van der Waals surface area contributed by atoms with Crippen molar-refractivity contribution in [2.24, 2.45) is 0 Å². The molecular weight excluding hydrogens is 160 g/mol. The Morgan fingerprint density at radius 1 is 1.23 bits per heavy atom. The molecule has 1 nitrogen and oxygen atoms in total. The van der Waals surface area contributed by atoms with Gasteiger partial charge in [-0.15, -0.1) is 0 Å². The maximum Gasteiger partial charge on any atom is 0.137 e. The molecule has 68 valence electrons. The molecule has 0 heterocycles. The molecule has 1 aliphatic carbocycles. The predicted octanol–water partition coefficient (Wildman–Crippen LogP) is 2.31. The summed E-state index contributed by atoms with van der Waals surface area (Å²) in [7, 11) is 0. The van der Waals surface area contributed by atoms with Gasteiger partial charge in [-0.05, 0) is 29.5 Å². The molecule has 0 aliphatic heterocycles. The van der Waals surface area contributed by atoms with Crippen LogP contribution in [0.4, 0.5) is 0 Å². The van der Waals surface area contributed by atoms with Crippen LogP contribution >= 0.6 is 0 Å². The van der Waals surface area contributed by atoms with Crippen LogP contribution in [0, 0.1) is 0 Å². The molecule has 1 aromatic carbocycles. The zero-order valence-electron chi connectivity index (χ0n) is 7.97. The van der Waals surface area contributed by atoms with Gasteiger partial charge in [0.05, 0.1) is 0 Å². The van der Waals surface area contributed by atoms with Gasteiger partial charge in [0.25, 0.3) is 0 Å². The average Bonchev–Trinajstić information content (AvgIpc) is 2.16. The summed E-state index contributed by atoms with van der Waals surface area (Å²) in [5, 5.41) is 0. The number of carbonyl (C=O) groups excluding carboxylic acids is 1. The Labute approximate surface area is 78.8 Å². The van der Waals surface area contributed by atoms with Crippen LogP contribution in [0.5, 0.6) is 0 Å². The number of rotatable bonds is 1. The molecule has 2 rings (SSSR count). The zero-order valence-corrected chi connectivity index (χ0v) is 7.97. The summed E-state index contributed by atoms with van der Waals surface area (Å²) in [6.45, 7) is 2.15. The number of hydrogen-bond donors (Lipinski definition) is 0. The van der Waals surface area contributed by atoms with Crippen LogP contribution in [0.3, 0.4) is 0 Å². The molecule has 1 aliphatic rings.